The molecule has 0 aliphatic heterocycles. The van der Waals surface area contributed by atoms with E-state index in [-0.39, 0.29) is 11.5 Å². The van der Waals surface area contributed by atoms with E-state index in [9.17, 15) is 9.59 Å². The van der Waals surface area contributed by atoms with Crippen LogP contribution in [-0.4, -0.2) is 26.1 Å². The molecule has 20 heavy (non-hydrogen) atoms. The van der Waals surface area contributed by atoms with Gasteiger partial charge in [0.1, 0.15) is 11.9 Å². The predicted molar refractivity (Wildman–Crippen MR) is 73.6 cm³/mol. The largest absolute Gasteiger partial charge is 0.321 e. The van der Waals surface area contributed by atoms with E-state index in [1.807, 2.05) is 18.2 Å². The van der Waals surface area contributed by atoms with Crippen LogP contribution in [0.5, 0.6) is 0 Å². The number of aryl methyl sites for hydroxylation is 1. The van der Waals surface area contributed by atoms with Crippen LogP contribution in [-0.2, 0) is 0 Å². The number of para-hydroxylation sites is 1. The van der Waals surface area contributed by atoms with E-state index in [1.54, 1.807) is 13.0 Å². The van der Waals surface area contributed by atoms with Crippen molar-refractivity contribution in [1.82, 2.24) is 20.2 Å². The Morgan fingerprint density at radius 3 is 2.85 bits per heavy atom. The number of hydrogen-bond donors (Lipinski definition) is 3. The van der Waals surface area contributed by atoms with Gasteiger partial charge in [0, 0.05) is 10.9 Å². The summed E-state index contributed by atoms with van der Waals surface area (Å²) in [5, 5.41) is 9.46. The molecule has 7 nitrogen and oxygen atoms in total. The summed E-state index contributed by atoms with van der Waals surface area (Å²) in [6.45, 7) is 1.74. The number of fused-ring (bicyclic) bond motifs is 1. The first kappa shape index (κ1) is 12.1. The highest BCUT2D eigenvalue weighted by Crippen LogP contribution is 2.17. The number of carbonyl (C=O) groups excluding carboxylic acids is 1. The van der Waals surface area contributed by atoms with Gasteiger partial charge < -0.3 is 4.98 Å². The number of rotatable bonds is 2. The maximum atomic E-state index is 12.2. The quantitative estimate of drug-likeness (QED) is 0.650. The number of carbonyl (C=O) groups is 1. The van der Waals surface area contributed by atoms with Crippen molar-refractivity contribution in [3.8, 4) is 0 Å². The van der Waals surface area contributed by atoms with Gasteiger partial charge in [-0.15, -0.1) is 0 Å². The monoisotopic (exact) mass is 269 g/mol. The van der Waals surface area contributed by atoms with Crippen LogP contribution >= 0.6 is 0 Å². The molecule has 1 amide bonds. The highest BCUT2D eigenvalue weighted by molar-refractivity contribution is 6.06. The number of nitrogens with one attached hydrogen (secondary N) is 3. The second-order valence-electron chi connectivity index (χ2n) is 4.29. The SMILES string of the molecule is Cc1c(C(=O)Nc2ncn[nH]2)c(=O)[nH]c2ccccc12. The molecular weight excluding hydrogens is 258 g/mol. The summed E-state index contributed by atoms with van der Waals surface area (Å²) in [6.07, 6.45) is 1.27. The van der Waals surface area contributed by atoms with Crippen LogP contribution in [0.4, 0.5) is 5.95 Å². The minimum Gasteiger partial charge on any atom is -0.321 e. The van der Waals surface area contributed by atoms with E-state index in [2.05, 4.69) is 25.5 Å². The molecule has 0 aliphatic carbocycles. The highest BCUT2D eigenvalue weighted by atomic mass is 16.2. The average molecular weight is 269 g/mol. The topological polar surface area (TPSA) is 104 Å². The lowest BCUT2D eigenvalue weighted by molar-refractivity contribution is 0.102. The molecule has 2 heterocycles. The fourth-order valence-electron chi connectivity index (χ4n) is 2.12. The molecule has 1 aromatic carbocycles. The van der Waals surface area contributed by atoms with Gasteiger partial charge in [0.05, 0.1) is 0 Å². The zero-order valence-electron chi connectivity index (χ0n) is 10.6. The van der Waals surface area contributed by atoms with E-state index < -0.39 is 11.5 Å². The molecule has 3 N–H and O–H groups in total. The second-order valence-corrected chi connectivity index (χ2v) is 4.29. The molecule has 0 radical (unpaired) electrons. The van der Waals surface area contributed by atoms with Crippen molar-refractivity contribution in [1.29, 1.82) is 0 Å². The zero-order chi connectivity index (χ0) is 14.1. The van der Waals surface area contributed by atoms with Crippen molar-refractivity contribution in [3.05, 3.63) is 52.1 Å². The molecule has 0 saturated carbocycles. The highest BCUT2D eigenvalue weighted by Gasteiger charge is 2.17. The Kier molecular flexibility index (Phi) is 2.79. The molecule has 0 spiro atoms. The third-order valence-corrected chi connectivity index (χ3v) is 3.06. The number of amides is 1. The second kappa shape index (κ2) is 4.61. The fourth-order valence-corrected chi connectivity index (χ4v) is 2.12. The lowest BCUT2D eigenvalue weighted by Crippen LogP contribution is -2.25. The fraction of sp³-hybridized carbons (Fsp3) is 0.0769. The van der Waals surface area contributed by atoms with Gasteiger partial charge >= 0.3 is 0 Å². The Morgan fingerprint density at radius 1 is 1.30 bits per heavy atom. The summed E-state index contributed by atoms with van der Waals surface area (Å²) in [5.74, 6) is -0.326. The van der Waals surface area contributed by atoms with E-state index in [1.165, 1.54) is 6.33 Å². The molecule has 0 unspecified atom stereocenters. The molecule has 3 aromatic rings. The smallest absolute Gasteiger partial charge is 0.263 e. The van der Waals surface area contributed by atoms with Gasteiger partial charge in [-0.25, -0.2) is 5.10 Å². The number of benzene rings is 1. The Balaban J connectivity index is 2.11. The summed E-state index contributed by atoms with van der Waals surface area (Å²) >= 11 is 0. The number of aromatic nitrogens is 4. The number of H-pyrrole nitrogens is 2. The van der Waals surface area contributed by atoms with Gasteiger partial charge in [0.15, 0.2) is 0 Å². The molecule has 7 heteroatoms. The van der Waals surface area contributed by atoms with Crippen LogP contribution in [0.2, 0.25) is 0 Å². The van der Waals surface area contributed by atoms with Crippen LogP contribution < -0.4 is 10.9 Å². The standard InChI is InChI=1S/C13H11N5O2/c1-7-8-4-2-3-5-9(8)16-11(19)10(7)12(20)17-13-14-6-15-18-13/h2-6H,1H3,(H,16,19)(H2,14,15,17,18,20). The number of aromatic amines is 2. The van der Waals surface area contributed by atoms with Crippen LogP contribution in [0.25, 0.3) is 10.9 Å². The number of nitrogens with zero attached hydrogens (tertiary/aromatic N) is 2. The van der Waals surface area contributed by atoms with E-state index in [4.69, 9.17) is 0 Å². The zero-order valence-corrected chi connectivity index (χ0v) is 10.6. The summed E-state index contributed by atoms with van der Waals surface area (Å²) in [7, 11) is 0. The Morgan fingerprint density at radius 2 is 2.10 bits per heavy atom. The van der Waals surface area contributed by atoms with Crippen LogP contribution in [0.1, 0.15) is 15.9 Å². The Hall–Kier alpha value is -2.96. The van der Waals surface area contributed by atoms with Gasteiger partial charge in [-0.1, -0.05) is 18.2 Å². The van der Waals surface area contributed by atoms with Crippen LogP contribution in [0.3, 0.4) is 0 Å². The normalized spacial score (nSPS) is 10.7. The molecule has 0 atom stereocenters. The summed E-state index contributed by atoms with van der Waals surface area (Å²) in [5.41, 5.74) is 0.964. The first-order chi connectivity index (χ1) is 9.66. The van der Waals surface area contributed by atoms with E-state index >= 15 is 0 Å². The van der Waals surface area contributed by atoms with Crippen molar-refractivity contribution < 1.29 is 4.79 Å². The average Bonchev–Trinajstić information content (AvgIpc) is 2.91. The van der Waals surface area contributed by atoms with Crippen molar-refractivity contribution in [3.63, 3.8) is 0 Å². The molecule has 0 aliphatic rings. The molecule has 0 bridgehead atoms. The van der Waals surface area contributed by atoms with E-state index in [0.717, 1.165) is 5.39 Å². The number of anilines is 1. The number of pyridine rings is 1. The molecule has 3 rings (SSSR count). The van der Waals surface area contributed by atoms with Crippen molar-refractivity contribution in [2.24, 2.45) is 0 Å². The maximum Gasteiger partial charge on any atom is 0.263 e. The first-order valence-corrected chi connectivity index (χ1v) is 5.95. The first-order valence-electron chi connectivity index (χ1n) is 5.95. The van der Waals surface area contributed by atoms with Crippen molar-refractivity contribution >= 4 is 22.8 Å². The lowest BCUT2D eigenvalue weighted by atomic mass is 10.0. The molecule has 100 valence electrons. The third kappa shape index (κ3) is 1.95. The molecule has 0 saturated heterocycles. The van der Waals surface area contributed by atoms with E-state index in [0.29, 0.717) is 11.1 Å². The van der Waals surface area contributed by atoms with Gasteiger partial charge in [-0.2, -0.15) is 10.1 Å². The third-order valence-electron chi connectivity index (χ3n) is 3.06. The predicted octanol–water partition coefficient (Wildman–Crippen LogP) is 1.21. The number of hydrogen-bond acceptors (Lipinski definition) is 4. The Bertz CT molecular complexity index is 836. The maximum absolute atomic E-state index is 12.2. The van der Waals surface area contributed by atoms with Crippen LogP contribution in [0, 0.1) is 6.92 Å². The van der Waals surface area contributed by atoms with Crippen LogP contribution in [0.15, 0.2) is 35.4 Å². The van der Waals surface area contributed by atoms with Gasteiger partial charge in [-0.3, -0.25) is 14.9 Å². The molecular formula is C13H11N5O2. The molecule has 0 fully saturated rings. The summed E-state index contributed by atoms with van der Waals surface area (Å²) in [6, 6.07) is 7.32. The minimum atomic E-state index is -0.522. The molecule has 2 aromatic heterocycles. The van der Waals surface area contributed by atoms with Crippen molar-refractivity contribution in [2.45, 2.75) is 6.92 Å². The summed E-state index contributed by atoms with van der Waals surface area (Å²) < 4.78 is 0. The Labute approximate surface area is 113 Å². The lowest BCUT2D eigenvalue weighted by Gasteiger charge is -2.07. The van der Waals surface area contributed by atoms with Gasteiger partial charge in [0.25, 0.3) is 11.5 Å². The van der Waals surface area contributed by atoms with Gasteiger partial charge in [-0.05, 0) is 18.6 Å². The van der Waals surface area contributed by atoms with Gasteiger partial charge in [0.2, 0.25) is 5.95 Å². The minimum absolute atomic E-state index is 0.0695. The van der Waals surface area contributed by atoms with Crippen molar-refractivity contribution in [2.75, 3.05) is 5.32 Å². The summed E-state index contributed by atoms with van der Waals surface area (Å²) in [4.78, 5) is 30.7.